The molecule has 33 heavy (non-hydrogen) atoms. The molecule has 3 aliphatic carbocycles. The van der Waals surface area contributed by atoms with Gasteiger partial charge < -0.3 is 0 Å². The molecule has 0 aliphatic heterocycles. The van der Waals surface area contributed by atoms with Crippen LogP contribution in [0.5, 0.6) is 0 Å². The van der Waals surface area contributed by atoms with Gasteiger partial charge in [0.1, 0.15) is 17.6 Å². The lowest BCUT2D eigenvalue weighted by molar-refractivity contribution is -0.131. The smallest absolute Gasteiger partial charge is 0.238 e. The largest absolute Gasteiger partial charge is 0.297 e. The van der Waals surface area contributed by atoms with Gasteiger partial charge in [-0.05, 0) is 85.7 Å². The van der Waals surface area contributed by atoms with Crippen LogP contribution in [0.2, 0.25) is 0 Å². The van der Waals surface area contributed by atoms with Crippen LogP contribution in [0.4, 0.5) is 8.78 Å². The SMILES string of the molecule is CCCC1C(CC(F)F)CCC2C1CCC1(C)C(C(=O)Cn3nc4ccccc4n3)CCC21. The van der Waals surface area contributed by atoms with E-state index >= 15 is 0 Å². The molecule has 180 valence electrons. The summed E-state index contributed by atoms with van der Waals surface area (Å²) >= 11 is 0. The fraction of sp³-hybridized carbons (Fsp3) is 0.741. The lowest BCUT2D eigenvalue weighted by atomic mass is 9.50. The number of carbonyl (C=O) groups is 1. The van der Waals surface area contributed by atoms with Crippen LogP contribution in [0.25, 0.3) is 11.0 Å². The molecule has 1 aromatic carbocycles. The van der Waals surface area contributed by atoms with Crippen LogP contribution in [-0.4, -0.2) is 27.2 Å². The number of Topliss-reactive ketones (excluding diaryl/α,β-unsaturated/α-hetero) is 1. The van der Waals surface area contributed by atoms with Crippen molar-refractivity contribution >= 4 is 16.8 Å². The molecule has 0 bridgehead atoms. The third kappa shape index (κ3) is 4.12. The molecule has 2 aromatic rings. The lowest BCUT2D eigenvalue weighted by Crippen LogP contribution is -2.48. The number of nitrogens with zero attached hydrogens (tertiary/aromatic N) is 3. The minimum atomic E-state index is -2.19. The third-order valence-electron chi connectivity index (χ3n) is 9.64. The Labute approximate surface area is 195 Å². The van der Waals surface area contributed by atoms with E-state index in [0.29, 0.717) is 23.7 Å². The summed E-state index contributed by atoms with van der Waals surface area (Å²) in [6, 6.07) is 7.72. The highest BCUT2D eigenvalue weighted by molar-refractivity contribution is 5.82. The second kappa shape index (κ2) is 9.07. The average molecular weight is 458 g/mol. The molecule has 3 aliphatic rings. The number of hydrogen-bond acceptors (Lipinski definition) is 3. The molecule has 0 N–H and O–H groups in total. The second-order valence-electron chi connectivity index (χ2n) is 11.2. The molecule has 0 saturated heterocycles. The van der Waals surface area contributed by atoms with Crippen LogP contribution >= 0.6 is 0 Å². The van der Waals surface area contributed by atoms with Crippen molar-refractivity contribution in [3.8, 4) is 0 Å². The van der Waals surface area contributed by atoms with E-state index < -0.39 is 6.43 Å². The molecule has 7 atom stereocenters. The monoisotopic (exact) mass is 457 g/mol. The summed E-state index contributed by atoms with van der Waals surface area (Å²) in [5, 5.41) is 9.00. The predicted molar refractivity (Wildman–Crippen MR) is 125 cm³/mol. The Bertz CT molecular complexity index is 958. The van der Waals surface area contributed by atoms with Crippen LogP contribution in [0.3, 0.4) is 0 Å². The number of halogens is 2. The van der Waals surface area contributed by atoms with Crippen LogP contribution in [0, 0.1) is 40.9 Å². The molecule has 4 nitrogen and oxygen atoms in total. The van der Waals surface area contributed by atoms with E-state index in [0.717, 1.165) is 62.4 Å². The summed E-state index contributed by atoms with van der Waals surface area (Å²) in [6.07, 6.45) is 6.21. The summed E-state index contributed by atoms with van der Waals surface area (Å²) in [4.78, 5) is 15.0. The van der Waals surface area contributed by atoms with Gasteiger partial charge in [0.15, 0.2) is 5.78 Å². The fourth-order valence-electron chi connectivity index (χ4n) is 8.29. The molecule has 1 aromatic heterocycles. The van der Waals surface area contributed by atoms with Crippen molar-refractivity contribution in [2.45, 2.75) is 84.6 Å². The van der Waals surface area contributed by atoms with Crippen molar-refractivity contribution < 1.29 is 13.6 Å². The number of hydrogen-bond donors (Lipinski definition) is 0. The van der Waals surface area contributed by atoms with E-state index in [1.807, 2.05) is 24.3 Å². The van der Waals surface area contributed by atoms with E-state index in [1.165, 1.54) is 0 Å². The maximum Gasteiger partial charge on any atom is 0.238 e. The summed E-state index contributed by atoms with van der Waals surface area (Å²) in [5.41, 5.74) is 1.67. The number of fused-ring (bicyclic) bond motifs is 4. The molecule has 3 fully saturated rings. The summed E-state index contributed by atoms with van der Waals surface area (Å²) in [6.45, 7) is 4.77. The van der Waals surface area contributed by atoms with Gasteiger partial charge in [-0.2, -0.15) is 15.0 Å². The molecule has 7 unspecified atom stereocenters. The van der Waals surface area contributed by atoms with Gasteiger partial charge in [0.05, 0.1) is 0 Å². The maximum atomic E-state index is 13.5. The van der Waals surface area contributed by atoms with Crippen molar-refractivity contribution in [1.29, 1.82) is 0 Å². The number of rotatable bonds is 7. The van der Waals surface area contributed by atoms with Gasteiger partial charge in [-0.15, -0.1) is 0 Å². The number of benzene rings is 1. The zero-order valence-corrected chi connectivity index (χ0v) is 19.9. The van der Waals surface area contributed by atoms with Crippen LogP contribution in [0.1, 0.15) is 71.6 Å². The standard InChI is InChI=1S/C27H37F2N3O/c1-3-6-18-17(15-26(28)29)9-10-20-19(18)13-14-27(2)21(20)11-12-22(27)25(33)16-32-30-23-7-4-5-8-24(23)31-32/h4-5,7-8,17-22,26H,3,6,9-16H2,1-2H3. The van der Waals surface area contributed by atoms with Gasteiger partial charge in [0.2, 0.25) is 6.43 Å². The number of aromatic nitrogens is 3. The summed E-state index contributed by atoms with van der Waals surface area (Å²) in [7, 11) is 0. The highest BCUT2D eigenvalue weighted by Gasteiger charge is 2.57. The highest BCUT2D eigenvalue weighted by atomic mass is 19.3. The molecule has 0 spiro atoms. The van der Waals surface area contributed by atoms with E-state index in [1.54, 1.807) is 4.80 Å². The van der Waals surface area contributed by atoms with Gasteiger partial charge in [0, 0.05) is 12.3 Å². The zero-order chi connectivity index (χ0) is 23.2. The van der Waals surface area contributed by atoms with Crippen LogP contribution in [-0.2, 0) is 11.3 Å². The number of carbonyl (C=O) groups excluding carboxylic acids is 1. The molecule has 5 rings (SSSR count). The quantitative estimate of drug-likeness (QED) is 0.474. The Morgan fingerprint density at radius 2 is 1.82 bits per heavy atom. The first-order valence-corrected chi connectivity index (χ1v) is 13.0. The van der Waals surface area contributed by atoms with Gasteiger partial charge in [-0.25, -0.2) is 8.78 Å². The Morgan fingerprint density at radius 3 is 2.48 bits per heavy atom. The fourth-order valence-corrected chi connectivity index (χ4v) is 8.29. The number of alkyl halides is 2. The van der Waals surface area contributed by atoms with E-state index in [-0.39, 0.29) is 36.0 Å². The lowest BCUT2D eigenvalue weighted by Gasteiger charge is -2.54. The topological polar surface area (TPSA) is 47.8 Å². The molecular formula is C27H37F2N3O. The van der Waals surface area contributed by atoms with Gasteiger partial charge in [0.25, 0.3) is 0 Å². The molecule has 0 radical (unpaired) electrons. The first-order valence-electron chi connectivity index (χ1n) is 13.0. The predicted octanol–water partition coefficient (Wildman–Crippen LogP) is 6.54. The molecule has 1 heterocycles. The average Bonchev–Trinajstić information content (AvgIpc) is 3.35. The number of ketones is 1. The van der Waals surface area contributed by atoms with Crippen molar-refractivity contribution in [2.24, 2.45) is 40.9 Å². The Kier molecular flexibility index (Phi) is 6.30. The third-order valence-corrected chi connectivity index (χ3v) is 9.64. The molecular weight excluding hydrogens is 420 g/mol. The summed E-state index contributed by atoms with van der Waals surface area (Å²) < 4.78 is 26.5. The normalized spacial score (nSPS) is 36.2. The van der Waals surface area contributed by atoms with Crippen molar-refractivity contribution in [1.82, 2.24) is 15.0 Å². The van der Waals surface area contributed by atoms with Crippen molar-refractivity contribution in [3.63, 3.8) is 0 Å². The van der Waals surface area contributed by atoms with Crippen LogP contribution in [0.15, 0.2) is 24.3 Å². The van der Waals surface area contributed by atoms with Gasteiger partial charge >= 0.3 is 0 Å². The van der Waals surface area contributed by atoms with E-state index in [2.05, 4.69) is 24.0 Å². The summed E-state index contributed by atoms with van der Waals surface area (Å²) in [5.74, 6) is 2.62. The van der Waals surface area contributed by atoms with Gasteiger partial charge in [-0.1, -0.05) is 38.8 Å². The van der Waals surface area contributed by atoms with Crippen molar-refractivity contribution in [3.05, 3.63) is 24.3 Å². The molecule has 3 saturated carbocycles. The van der Waals surface area contributed by atoms with Crippen LogP contribution < -0.4 is 0 Å². The zero-order valence-electron chi connectivity index (χ0n) is 19.9. The van der Waals surface area contributed by atoms with Gasteiger partial charge in [-0.3, -0.25) is 4.79 Å². The van der Waals surface area contributed by atoms with E-state index in [9.17, 15) is 13.6 Å². The minimum Gasteiger partial charge on any atom is -0.297 e. The molecule has 6 heteroatoms. The molecule has 0 amide bonds. The Morgan fingerprint density at radius 1 is 1.09 bits per heavy atom. The second-order valence-corrected chi connectivity index (χ2v) is 11.2. The Balaban J connectivity index is 1.31. The highest BCUT2D eigenvalue weighted by Crippen LogP contribution is 2.63. The van der Waals surface area contributed by atoms with E-state index in [4.69, 9.17) is 0 Å². The first-order chi connectivity index (χ1) is 15.9. The Hall–Kier alpha value is -1.85. The maximum absolute atomic E-state index is 13.5. The first kappa shape index (κ1) is 22.9. The minimum absolute atomic E-state index is 0.0249. The van der Waals surface area contributed by atoms with Crippen molar-refractivity contribution in [2.75, 3.05) is 0 Å².